The zero-order valence-electron chi connectivity index (χ0n) is 8.40. The minimum atomic E-state index is 0.302. The summed E-state index contributed by atoms with van der Waals surface area (Å²) in [6.45, 7) is 0.788. The van der Waals surface area contributed by atoms with Gasteiger partial charge in [-0.05, 0) is 12.8 Å². The molecule has 1 aromatic heterocycles. The summed E-state index contributed by atoms with van der Waals surface area (Å²) in [6, 6.07) is 0.302. The fourth-order valence-electron chi connectivity index (χ4n) is 1.28. The number of nitrogens with zero attached hydrogens (tertiary/aromatic N) is 1. The second kappa shape index (κ2) is 6.89. The molecule has 0 spiro atoms. The molecule has 0 aliphatic heterocycles. The lowest BCUT2D eigenvalue weighted by atomic mass is 10.1. The van der Waals surface area contributed by atoms with Crippen molar-refractivity contribution in [2.75, 3.05) is 13.7 Å². The van der Waals surface area contributed by atoms with Crippen LogP contribution < -0.4 is 11.3 Å². The molecule has 1 unspecified atom stereocenters. The van der Waals surface area contributed by atoms with Gasteiger partial charge in [0.1, 0.15) is 0 Å². The fraction of sp³-hybridized carbons (Fsp3) is 0.667. The molecule has 4 nitrogen and oxygen atoms in total. The first-order valence-corrected chi connectivity index (χ1v) is 5.58. The summed E-state index contributed by atoms with van der Waals surface area (Å²) in [5.74, 6) is 5.46. The summed E-state index contributed by atoms with van der Waals surface area (Å²) >= 11 is 1.67. The minimum absolute atomic E-state index is 0.302. The van der Waals surface area contributed by atoms with Crippen LogP contribution in [-0.2, 0) is 11.2 Å². The van der Waals surface area contributed by atoms with Crippen LogP contribution in [0.3, 0.4) is 0 Å². The van der Waals surface area contributed by atoms with E-state index >= 15 is 0 Å². The number of methoxy groups -OCH3 is 1. The molecule has 0 radical (unpaired) electrons. The number of hydrogen-bond acceptors (Lipinski definition) is 5. The minimum Gasteiger partial charge on any atom is -0.385 e. The Bertz CT molecular complexity index is 228. The Morgan fingerprint density at radius 3 is 3.14 bits per heavy atom. The van der Waals surface area contributed by atoms with E-state index in [0.29, 0.717) is 6.04 Å². The molecule has 0 aromatic carbocycles. The van der Waals surface area contributed by atoms with Gasteiger partial charge in [-0.1, -0.05) is 0 Å². The molecular formula is C9H17N3OS. The van der Waals surface area contributed by atoms with E-state index in [9.17, 15) is 0 Å². The van der Waals surface area contributed by atoms with E-state index < -0.39 is 0 Å². The highest BCUT2D eigenvalue weighted by atomic mass is 32.1. The quantitative estimate of drug-likeness (QED) is 0.404. The topological polar surface area (TPSA) is 60.2 Å². The van der Waals surface area contributed by atoms with Gasteiger partial charge in [0.2, 0.25) is 0 Å². The van der Waals surface area contributed by atoms with Crippen molar-refractivity contribution in [2.45, 2.75) is 25.3 Å². The molecule has 14 heavy (non-hydrogen) atoms. The van der Waals surface area contributed by atoms with Crippen molar-refractivity contribution in [3.63, 3.8) is 0 Å². The molecule has 0 saturated heterocycles. The van der Waals surface area contributed by atoms with Gasteiger partial charge >= 0.3 is 0 Å². The summed E-state index contributed by atoms with van der Waals surface area (Å²) in [5, 5.41) is 3.11. The Balaban J connectivity index is 2.24. The number of ether oxygens (including phenoxy) is 1. The molecule has 5 heteroatoms. The molecule has 0 aliphatic carbocycles. The predicted octanol–water partition coefficient (Wildman–Crippen LogP) is 0.944. The molecule has 1 atom stereocenters. The van der Waals surface area contributed by atoms with Gasteiger partial charge in [0.05, 0.1) is 5.01 Å². The molecule has 0 bridgehead atoms. The van der Waals surface area contributed by atoms with Crippen LogP contribution in [0.25, 0.3) is 0 Å². The molecule has 1 heterocycles. The average molecular weight is 215 g/mol. The standard InChI is InChI=1S/C9H17N3OS/c1-13-5-2-3-8(12-10)7-9-11-4-6-14-9/h4,6,8,12H,2-3,5,7,10H2,1H3. The van der Waals surface area contributed by atoms with Gasteiger partial charge in [0.25, 0.3) is 0 Å². The lowest BCUT2D eigenvalue weighted by Gasteiger charge is -2.13. The highest BCUT2D eigenvalue weighted by molar-refractivity contribution is 7.09. The van der Waals surface area contributed by atoms with E-state index in [1.807, 2.05) is 11.6 Å². The molecule has 1 rings (SSSR count). The van der Waals surface area contributed by atoms with E-state index in [1.54, 1.807) is 18.4 Å². The molecule has 0 amide bonds. The Morgan fingerprint density at radius 1 is 1.71 bits per heavy atom. The van der Waals surface area contributed by atoms with E-state index in [0.717, 1.165) is 30.9 Å². The van der Waals surface area contributed by atoms with Crippen LogP contribution in [0.5, 0.6) is 0 Å². The highest BCUT2D eigenvalue weighted by Gasteiger charge is 2.08. The van der Waals surface area contributed by atoms with Crippen molar-refractivity contribution in [3.05, 3.63) is 16.6 Å². The summed E-state index contributed by atoms with van der Waals surface area (Å²) in [7, 11) is 1.71. The van der Waals surface area contributed by atoms with Crippen molar-refractivity contribution in [1.82, 2.24) is 10.4 Å². The number of hydrazine groups is 1. The van der Waals surface area contributed by atoms with E-state index in [2.05, 4.69) is 10.4 Å². The van der Waals surface area contributed by atoms with Crippen LogP contribution in [0.1, 0.15) is 17.8 Å². The lowest BCUT2D eigenvalue weighted by Crippen LogP contribution is -2.36. The van der Waals surface area contributed by atoms with Crippen LogP contribution in [-0.4, -0.2) is 24.7 Å². The molecule has 1 aromatic rings. The first-order valence-electron chi connectivity index (χ1n) is 4.70. The van der Waals surface area contributed by atoms with Crippen molar-refractivity contribution in [3.8, 4) is 0 Å². The van der Waals surface area contributed by atoms with E-state index in [4.69, 9.17) is 10.6 Å². The molecule has 80 valence electrons. The number of nitrogens with one attached hydrogen (secondary N) is 1. The number of thiazole rings is 1. The molecule has 3 N–H and O–H groups in total. The van der Waals surface area contributed by atoms with Crippen LogP contribution in [0.15, 0.2) is 11.6 Å². The van der Waals surface area contributed by atoms with Gasteiger partial charge in [0, 0.05) is 37.8 Å². The Kier molecular flexibility index (Phi) is 5.70. The number of hydrogen-bond donors (Lipinski definition) is 2. The second-order valence-electron chi connectivity index (χ2n) is 3.13. The third-order valence-corrected chi connectivity index (χ3v) is 2.84. The molecule has 0 fully saturated rings. The number of rotatable bonds is 7. The maximum absolute atomic E-state index is 5.46. The zero-order chi connectivity index (χ0) is 10.2. The lowest BCUT2D eigenvalue weighted by molar-refractivity contribution is 0.188. The molecule has 0 saturated carbocycles. The zero-order valence-corrected chi connectivity index (χ0v) is 9.22. The second-order valence-corrected chi connectivity index (χ2v) is 4.11. The Morgan fingerprint density at radius 2 is 2.57 bits per heavy atom. The Hall–Kier alpha value is -0.490. The largest absolute Gasteiger partial charge is 0.385 e. The summed E-state index contributed by atoms with van der Waals surface area (Å²) in [5.41, 5.74) is 2.81. The third-order valence-electron chi connectivity index (χ3n) is 2.04. The van der Waals surface area contributed by atoms with Crippen LogP contribution in [0.2, 0.25) is 0 Å². The molecule has 0 aliphatic rings. The molecular weight excluding hydrogens is 198 g/mol. The maximum Gasteiger partial charge on any atom is 0.0940 e. The number of aromatic nitrogens is 1. The van der Waals surface area contributed by atoms with Gasteiger partial charge in [-0.25, -0.2) is 4.98 Å². The normalized spacial score (nSPS) is 13.0. The number of nitrogens with two attached hydrogens (primary N) is 1. The van der Waals surface area contributed by atoms with E-state index in [-0.39, 0.29) is 0 Å². The van der Waals surface area contributed by atoms with Gasteiger partial charge in [-0.2, -0.15) is 0 Å². The maximum atomic E-state index is 5.46. The average Bonchev–Trinajstić information content (AvgIpc) is 2.69. The smallest absolute Gasteiger partial charge is 0.0940 e. The summed E-state index contributed by atoms with van der Waals surface area (Å²) < 4.78 is 4.99. The summed E-state index contributed by atoms with van der Waals surface area (Å²) in [4.78, 5) is 4.22. The van der Waals surface area contributed by atoms with Gasteiger partial charge in [-0.3, -0.25) is 11.3 Å². The van der Waals surface area contributed by atoms with Gasteiger partial charge in [-0.15, -0.1) is 11.3 Å². The SMILES string of the molecule is COCCCC(Cc1nccs1)NN. The van der Waals surface area contributed by atoms with Crippen LogP contribution >= 0.6 is 11.3 Å². The first-order chi connectivity index (χ1) is 6.86. The summed E-state index contributed by atoms with van der Waals surface area (Å²) in [6.07, 6.45) is 4.77. The van der Waals surface area contributed by atoms with Crippen LogP contribution in [0, 0.1) is 0 Å². The highest BCUT2D eigenvalue weighted by Crippen LogP contribution is 2.09. The van der Waals surface area contributed by atoms with Crippen molar-refractivity contribution in [1.29, 1.82) is 0 Å². The van der Waals surface area contributed by atoms with E-state index in [1.165, 1.54) is 0 Å². The van der Waals surface area contributed by atoms with Crippen molar-refractivity contribution < 1.29 is 4.74 Å². The predicted molar refractivity (Wildman–Crippen MR) is 58.0 cm³/mol. The first kappa shape index (κ1) is 11.6. The Labute approximate surface area is 88.5 Å². The van der Waals surface area contributed by atoms with Crippen molar-refractivity contribution in [2.24, 2.45) is 5.84 Å². The van der Waals surface area contributed by atoms with Gasteiger partial charge in [0.15, 0.2) is 0 Å². The third kappa shape index (κ3) is 4.15. The van der Waals surface area contributed by atoms with Crippen LogP contribution in [0.4, 0.5) is 0 Å². The fourth-order valence-corrected chi connectivity index (χ4v) is 1.98. The monoisotopic (exact) mass is 215 g/mol. The van der Waals surface area contributed by atoms with Crippen molar-refractivity contribution >= 4 is 11.3 Å². The van der Waals surface area contributed by atoms with Gasteiger partial charge < -0.3 is 4.74 Å².